The molecule has 1 heterocycles. The van der Waals surface area contributed by atoms with Crippen LogP contribution < -0.4 is 5.73 Å². The molecule has 1 aliphatic heterocycles. The summed E-state index contributed by atoms with van der Waals surface area (Å²) in [6.45, 7) is 3.18. The lowest BCUT2D eigenvalue weighted by atomic mass is 9.97. The molecule has 1 saturated heterocycles. The number of hydrogen-bond acceptors (Lipinski definition) is 2. The molecule has 90 valence electrons. The molecule has 0 aromatic carbocycles. The van der Waals surface area contributed by atoms with Gasteiger partial charge in [0.25, 0.3) is 0 Å². The minimum absolute atomic E-state index is 0.284. The minimum Gasteiger partial charge on any atom is -0.377 e. The molecule has 2 heteroatoms. The Hall–Kier alpha value is -0.0800. The van der Waals surface area contributed by atoms with Crippen LogP contribution in [-0.4, -0.2) is 18.8 Å². The average Bonchev–Trinajstić information content (AvgIpc) is 2.30. The molecular weight excluding hydrogens is 186 g/mol. The molecule has 0 bridgehead atoms. The number of rotatable bonds is 7. The van der Waals surface area contributed by atoms with Crippen LogP contribution in [0, 0.1) is 0 Å². The fourth-order valence-electron chi connectivity index (χ4n) is 2.27. The highest BCUT2D eigenvalue weighted by Gasteiger charge is 2.20. The summed E-state index contributed by atoms with van der Waals surface area (Å²) in [5, 5.41) is 0. The maximum Gasteiger partial charge on any atom is 0.0725 e. The van der Waals surface area contributed by atoms with Gasteiger partial charge in [-0.3, -0.25) is 0 Å². The minimum atomic E-state index is 0.284. The lowest BCUT2D eigenvalue weighted by molar-refractivity contribution is -0.00145. The summed E-state index contributed by atoms with van der Waals surface area (Å²) in [4.78, 5) is 0. The van der Waals surface area contributed by atoms with Crippen molar-refractivity contribution in [3.05, 3.63) is 0 Å². The van der Waals surface area contributed by atoms with Crippen LogP contribution in [0.2, 0.25) is 0 Å². The van der Waals surface area contributed by atoms with Gasteiger partial charge in [0.1, 0.15) is 0 Å². The highest BCUT2D eigenvalue weighted by atomic mass is 16.5. The summed E-state index contributed by atoms with van der Waals surface area (Å²) >= 11 is 0. The van der Waals surface area contributed by atoms with E-state index in [0.29, 0.717) is 6.10 Å². The maximum absolute atomic E-state index is 6.14. The van der Waals surface area contributed by atoms with Gasteiger partial charge in [-0.25, -0.2) is 0 Å². The first-order valence-electron chi connectivity index (χ1n) is 6.71. The molecule has 2 atom stereocenters. The summed E-state index contributed by atoms with van der Waals surface area (Å²) in [6, 6.07) is 0.284. The third kappa shape index (κ3) is 5.53. The molecular formula is C13H27NO. The molecule has 0 saturated carbocycles. The SMILES string of the molecule is CCCCCCCC(N)C1CCCCO1. The maximum atomic E-state index is 6.14. The lowest BCUT2D eigenvalue weighted by Gasteiger charge is -2.27. The fraction of sp³-hybridized carbons (Fsp3) is 1.00. The van der Waals surface area contributed by atoms with Crippen LogP contribution >= 0.6 is 0 Å². The predicted molar refractivity (Wildman–Crippen MR) is 64.9 cm³/mol. The smallest absolute Gasteiger partial charge is 0.0725 e. The van der Waals surface area contributed by atoms with E-state index in [1.54, 1.807) is 0 Å². The Morgan fingerprint density at radius 3 is 2.67 bits per heavy atom. The third-order valence-corrected chi connectivity index (χ3v) is 3.33. The molecule has 2 unspecified atom stereocenters. The van der Waals surface area contributed by atoms with Crippen LogP contribution in [0.5, 0.6) is 0 Å². The van der Waals surface area contributed by atoms with Gasteiger partial charge >= 0.3 is 0 Å². The molecule has 1 rings (SSSR count). The quantitative estimate of drug-likeness (QED) is 0.659. The summed E-state index contributed by atoms with van der Waals surface area (Å²) in [5.41, 5.74) is 6.14. The Kier molecular flexibility index (Phi) is 7.03. The van der Waals surface area contributed by atoms with Crippen LogP contribution in [0.3, 0.4) is 0 Å². The van der Waals surface area contributed by atoms with Gasteiger partial charge in [0.2, 0.25) is 0 Å². The summed E-state index contributed by atoms with van der Waals surface area (Å²) in [6.07, 6.45) is 11.9. The molecule has 0 aliphatic carbocycles. The molecule has 0 aromatic rings. The van der Waals surface area contributed by atoms with Gasteiger partial charge in [-0.05, 0) is 25.7 Å². The third-order valence-electron chi connectivity index (χ3n) is 3.33. The zero-order valence-electron chi connectivity index (χ0n) is 10.2. The fourth-order valence-corrected chi connectivity index (χ4v) is 2.27. The second kappa shape index (κ2) is 8.12. The summed E-state index contributed by atoms with van der Waals surface area (Å²) in [5.74, 6) is 0. The molecule has 0 amide bonds. The second-order valence-electron chi connectivity index (χ2n) is 4.77. The van der Waals surface area contributed by atoms with Crippen LogP contribution in [0.25, 0.3) is 0 Å². The van der Waals surface area contributed by atoms with Crippen molar-refractivity contribution in [1.29, 1.82) is 0 Å². The zero-order valence-corrected chi connectivity index (χ0v) is 10.2. The van der Waals surface area contributed by atoms with Crippen molar-refractivity contribution in [2.24, 2.45) is 5.73 Å². The highest BCUT2D eigenvalue weighted by molar-refractivity contribution is 4.76. The number of unbranched alkanes of at least 4 members (excludes halogenated alkanes) is 4. The van der Waals surface area contributed by atoms with E-state index in [2.05, 4.69) is 6.92 Å². The predicted octanol–water partition coefficient (Wildman–Crippen LogP) is 3.24. The van der Waals surface area contributed by atoms with Crippen molar-refractivity contribution in [1.82, 2.24) is 0 Å². The van der Waals surface area contributed by atoms with E-state index >= 15 is 0 Å². The second-order valence-corrected chi connectivity index (χ2v) is 4.77. The van der Waals surface area contributed by atoms with Crippen LogP contribution in [0.15, 0.2) is 0 Å². The normalized spacial score (nSPS) is 24.0. The van der Waals surface area contributed by atoms with E-state index < -0.39 is 0 Å². The molecule has 2 nitrogen and oxygen atoms in total. The summed E-state index contributed by atoms with van der Waals surface area (Å²) in [7, 11) is 0. The first-order chi connectivity index (χ1) is 7.34. The van der Waals surface area contributed by atoms with E-state index in [4.69, 9.17) is 10.5 Å². The van der Waals surface area contributed by atoms with Crippen LogP contribution in [-0.2, 0) is 4.74 Å². The molecule has 1 fully saturated rings. The average molecular weight is 213 g/mol. The standard InChI is InChI=1S/C13H27NO/c1-2-3-4-5-6-9-12(14)13-10-7-8-11-15-13/h12-13H,2-11,14H2,1H3. The van der Waals surface area contributed by atoms with Crippen LogP contribution in [0.1, 0.15) is 64.7 Å². The largest absolute Gasteiger partial charge is 0.377 e. The van der Waals surface area contributed by atoms with Crippen molar-refractivity contribution in [2.75, 3.05) is 6.61 Å². The van der Waals surface area contributed by atoms with Gasteiger partial charge in [0, 0.05) is 12.6 Å². The zero-order chi connectivity index (χ0) is 10.9. The first kappa shape index (κ1) is 13.0. The van der Waals surface area contributed by atoms with Gasteiger partial charge in [0.05, 0.1) is 6.10 Å². The van der Waals surface area contributed by atoms with Gasteiger partial charge in [-0.2, -0.15) is 0 Å². The van der Waals surface area contributed by atoms with E-state index in [1.807, 2.05) is 0 Å². The molecule has 0 radical (unpaired) electrons. The molecule has 2 N–H and O–H groups in total. The molecule has 15 heavy (non-hydrogen) atoms. The number of hydrogen-bond donors (Lipinski definition) is 1. The van der Waals surface area contributed by atoms with Gasteiger partial charge in [-0.15, -0.1) is 0 Å². The number of nitrogens with two attached hydrogens (primary N) is 1. The van der Waals surface area contributed by atoms with Crippen molar-refractivity contribution >= 4 is 0 Å². The topological polar surface area (TPSA) is 35.2 Å². The van der Waals surface area contributed by atoms with E-state index in [1.165, 1.54) is 51.4 Å². The van der Waals surface area contributed by atoms with Crippen molar-refractivity contribution in [3.8, 4) is 0 Å². The monoisotopic (exact) mass is 213 g/mol. The van der Waals surface area contributed by atoms with Gasteiger partial charge in [0.15, 0.2) is 0 Å². The lowest BCUT2D eigenvalue weighted by Crippen LogP contribution is -2.38. The molecule has 1 aliphatic rings. The van der Waals surface area contributed by atoms with Crippen molar-refractivity contribution in [3.63, 3.8) is 0 Å². The highest BCUT2D eigenvalue weighted by Crippen LogP contribution is 2.18. The Morgan fingerprint density at radius 2 is 2.00 bits per heavy atom. The number of ether oxygens (including phenoxy) is 1. The molecule has 0 aromatic heterocycles. The van der Waals surface area contributed by atoms with Crippen LogP contribution in [0.4, 0.5) is 0 Å². The Bertz CT molecular complexity index is 143. The Balaban J connectivity index is 1.99. The molecule has 0 spiro atoms. The summed E-state index contributed by atoms with van der Waals surface area (Å²) < 4.78 is 5.69. The van der Waals surface area contributed by atoms with E-state index in [0.717, 1.165) is 13.0 Å². The van der Waals surface area contributed by atoms with Crippen molar-refractivity contribution < 1.29 is 4.74 Å². The van der Waals surface area contributed by atoms with Crippen molar-refractivity contribution in [2.45, 2.75) is 76.9 Å². The Labute approximate surface area is 94.6 Å². The van der Waals surface area contributed by atoms with E-state index in [9.17, 15) is 0 Å². The van der Waals surface area contributed by atoms with E-state index in [-0.39, 0.29) is 6.04 Å². The van der Waals surface area contributed by atoms with Gasteiger partial charge < -0.3 is 10.5 Å². The van der Waals surface area contributed by atoms with Gasteiger partial charge in [-0.1, -0.05) is 39.0 Å². The first-order valence-corrected chi connectivity index (χ1v) is 6.71. The Morgan fingerprint density at radius 1 is 1.20 bits per heavy atom.